The second kappa shape index (κ2) is 6.22. The average Bonchev–Trinajstić information content (AvgIpc) is 2.29. The van der Waals surface area contributed by atoms with Crippen LogP contribution in [0.5, 0.6) is 0 Å². The molecule has 0 aromatic heterocycles. The lowest BCUT2D eigenvalue weighted by atomic mass is 9.97. The second-order valence-corrected chi connectivity index (χ2v) is 5.68. The minimum Gasteiger partial charge on any atom is -0.399 e. The van der Waals surface area contributed by atoms with Crippen molar-refractivity contribution in [1.29, 1.82) is 0 Å². The molecule has 0 spiro atoms. The van der Waals surface area contributed by atoms with Crippen LogP contribution in [0.1, 0.15) is 27.2 Å². The molecule has 0 saturated heterocycles. The van der Waals surface area contributed by atoms with Gasteiger partial charge in [-0.2, -0.15) is 0 Å². The Kier molecular flexibility index (Phi) is 4.92. The van der Waals surface area contributed by atoms with Crippen LogP contribution in [-0.4, -0.2) is 18.4 Å². The van der Waals surface area contributed by atoms with E-state index in [1.54, 1.807) is 24.3 Å². The molecule has 0 aliphatic heterocycles. The Morgan fingerprint density at radius 2 is 1.68 bits per heavy atom. The van der Waals surface area contributed by atoms with Crippen LogP contribution >= 0.6 is 0 Å². The van der Waals surface area contributed by atoms with Crippen LogP contribution in [0.4, 0.5) is 11.4 Å². The third kappa shape index (κ3) is 6.45. The number of nitrogens with two attached hydrogens (primary N) is 1. The normalized spacial score (nSPS) is 10.9. The molecule has 2 amide bonds. The molecule has 0 heterocycles. The lowest BCUT2D eigenvalue weighted by Crippen LogP contribution is -2.34. The first-order valence-corrected chi connectivity index (χ1v) is 6.18. The largest absolute Gasteiger partial charge is 0.399 e. The maximum Gasteiger partial charge on any atom is 0.233 e. The molecule has 0 fully saturated rings. The number of carbonyl (C=O) groups is 2. The van der Waals surface area contributed by atoms with Gasteiger partial charge in [0.15, 0.2) is 0 Å². The molecule has 0 saturated carbocycles. The number of anilines is 2. The summed E-state index contributed by atoms with van der Waals surface area (Å²) in [5.41, 5.74) is 6.80. The van der Waals surface area contributed by atoms with Gasteiger partial charge in [-0.25, -0.2) is 0 Å². The molecule has 0 aliphatic carbocycles. The fraction of sp³-hybridized carbons (Fsp3) is 0.429. The van der Waals surface area contributed by atoms with Crippen LogP contribution < -0.4 is 16.4 Å². The summed E-state index contributed by atoms with van der Waals surface area (Å²) >= 11 is 0. The Morgan fingerprint density at radius 1 is 1.11 bits per heavy atom. The minimum absolute atomic E-state index is 0.00307. The Balaban J connectivity index is 2.39. The molecule has 4 N–H and O–H groups in total. The van der Waals surface area contributed by atoms with Gasteiger partial charge in [-0.15, -0.1) is 0 Å². The van der Waals surface area contributed by atoms with Crippen LogP contribution in [0, 0.1) is 5.41 Å². The highest BCUT2D eigenvalue weighted by Crippen LogP contribution is 2.11. The molecule has 0 radical (unpaired) electrons. The van der Waals surface area contributed by atoms with Crippen molar-refractivity contribution in [2.24, 2.45) is 5.41 Å². The molecule has 0 aliphatic rings. The number of hydrogen-bond acceptors (Lipinski definition) is 3. The van der Waals surface area contributed by atoms with Crippen molar-refractivity contribution in [2.45, 2.75) is 27.2 Å². The molecular weight excluding hydrogens is 242 g/mol. The Hall–Kier alpha value is -2.04. The lowest BCUT2D eigenvalue weighted by Gasteiger charge is -2.18. The van der Waals surface area contributed by atoms with E-state index in [2.05, 4.69) is 10.6 Å². The van der Waals surface area contributed by atoms with Crippen LogP contribution in [0.15, 0.2) is 24.3 Å². The van der Waals surface area contributed by atoms with Gasteiger partial charge in [-0.3, -0.25) is 9.59 Å². The minimum atomic E-state index is -0.337. The van der Waals surface area contributed by atoms with Gasteiger partial charge in [-0.1, -0.05) is 20.8 Å². The fourth-order valence-corrected chi connectivity index (χ4v) is 1.34. The molecule has 0 unspecified atom stereocenters. The molecule has 1 aromatic rings. The third-order valence-electron chi connectivity index (χ3n) is 2.33. The van der Waals surface area contributed by atoms with Crippen molar-refractivity contribution in [3.63, 3.8) is 0 Å². The predicted molar refractivity (Wildman–Crippen MR) is 76.6 cm³/mol. The summed E-state index contributed by atoms with van der Waals surface area (Å²) in [7, 11) is 0. The van der Waals surface area contributed by atoms with E-state index in [9.17, 15) is 9.59 Å². The summed E-state index contributed by atoms with van der Waals surface area (Å²) in [5.74, 6) is -0.612. The number of nitrogen functional groups attached to an aromatic ring is 1. The van der Waals surface area contributed by atoms with Gasteiger partial charge < -0.3 is 16.4 Å². The SMILES string of the molecule is CC(C)(C)CNC(=O)CC(=O)Nc1ccc(N)cc1. The van der Waals surface area contributed by atoms with Gasteiger partial charge in [0.25, 0.3) is 0 Å². The van der Waals surface area contributed by atoms with E-state index in [-0.39, 0.29) is 23.7 Å². The fourth-order valence-electron chi connectivity index (χ4n) is 1.34. The molecule has 1 aromatic carbocycles. The van der Waals surface area contributed by atoms with E-state index in [0.717, 1.165) is 0 Å². The van der Waals surface area contributed by atoms with Gasteiger partial charge in [-0.05, 0) is 29.7 Å². The smallest absolute Gasteiger partial charge is 0.233 e. The van der Waals surface area contributed by atoms with Gasteiger partial charge in [0.2, 0.25) is 11.8 Å². The summed E-state index contributed by atoms with van der Waals surface area (Å²) in [6.07, 6.45) is -0.180. The monoisotopic (exact) mass is 263 g/mol. The van der Waals surface area contributed by atoms with Crippen molar-refractivity contribution < 1.29 is 9.59 Å². The van der Waals surface area contributed by atoms with Crippen molar-refractivity contribution in [3.05, 3.63) is 24.3 Å². The van der Waals surface area contributed by atoms with Crippen molar-refractivity contribution in [3.8, 4) is 0 Å². The first-order valence-electron chi connectivity index (χ1n) is 6.18. The molecule has 5 nitrogen and oxygen atoms in total. The van der Waals surface area contributed by atoms with Gasteiger partial charge >= 0.3 is 0 Å². The topological polar surface area (TPSA) is 84.2 Å². The molecule has 0 atom stereocenters. The van der Waals surface area contributed by atoms with Gasteiger partial charge in [0.05, 0.1) is 0 Å². The van der Waals surface area contributed by atoms with Gasteiger partial charge in [0.1, 0.15) is 6.42 Å². The van der Waals surface area contributed by atoms with E-state index in [4.69, 9.17) is 5.73 Å². The molecule has 0 bridgehead atoms. The zero-order chi connectivity index (χ0) is 14.5. The Bertz CT molecular complexity index is 447. The number of benzene rings is 1. The maximum absolute atomic E-state index is 11.6. The molecule has 1 rings (SSSR count). The van der Waals surface area contributed by atoms with E-state index in [0.29, 0.717) is 17.9 Å². The summed E-state index contributed by atoms with van der Waals surface area (Å²) < 4.78 is 0. The third-order valence-corrected chi connectivity index (χ3v) is 2.33. The number of hydrogen-bond donors (Lipinski definition) is 3. The quantitative estimate of drug-likeness (QED) is 0.571. The van der Waals surface area contributed by atoms with Crippen LogP contribution in [-0.2, 0) is 9.59 Å². The van der Waals surface area contributed by atoms with Crippen molar-refractivity contribution >= 4 is 23.2 Å². The number of nitrogens with one attached hydrogen (secondary N) is 2. The number of carbonyl (C=O) groups excluding carboxylic acids is 2. The zero-order valence-corrected chi connectivity index (χ0v) is 11.6. The zero-order valence-electron chi connectivity index (χ0n) is 11.6. The summed E-state index contributed by atoms with van der Waals surface area (Å²) in [4.78, 5) is 23.2. The highest BCUT2D eigenvalue weighted by Gasteiger charge is 2.14. The van der Waals surface area contributed by atoms with Crippen molar-refractivity contribution in [2.75, 3.05) is 17.6 Å². The van der Waals surface area contributed by atoms with Crippen LogP contribution in [0.25, 0.3) is 0 Å². The van der Waals surface area contributed by atoms with Crippen molar-refractivity contribution in [1.82, 2.24) is 5.32 Å². The molecule has 19 heavy (non-hydrogen) atoms. The van der Waals surface area contributed by atoms with E-state index in [1.807, 2.05) is 20.8 Å². The summed E-state index contributed by atoms with van der Waals surface area (Å²) in [6, 6.07) is 6.77. The van der Waals surface area contributed by atoms with Gasteiger partial charge in [0, 0.05) is 17.9 Å². The van der Waals surface area contributed by atoms with Crippen LogP contribution in [0.3, 0.4) is 0 Å². The first kappa shape index (κ1) is 15.0. The maximum atomic E-state index is 11.6. The predicted octanol–water partition coefficient (Wildman–Crippen LogP) is 1.76. The second-order valence-electron chi connectivity index (χ2n) is 5.68. The first-order chi connectivity index (χ1) is 8.76. The molecule has 5 heteroatoms. The van der Waals surface area contributed by atoms with E-state index >= 15 is 0 Å². The van der Waals surface area contributed by atoms with E-state index < -0.39 is 0 Å². The summed E-state index contributed by atoms with van der Waals surface area (Å²) in [6.45, 7) is 6.59. The molecular formula is C14H21N3O2. The number of rotatable bonds is 4. The van der Waals surface area contributed by atoms with Crippen LogP contribution in [0.2, 0.25) is 0 Å². The molecule has 104 valence electrons. The van der Waals surface area contributed by atoms with E-state index in [1.165, 1.54) is 0 Å². The Morgan fingerprint density at radius 3 is 2.21 bits per heavy atom. The highest BCUT2D eigenvalue weighted by molar-refractivity contribution is 6.03. The Labute approximate surface area is 113 Å². The highest BCUT2D eigenvalue weighted by atomic mass is 16.2. The lowest BCUT2D eigenvalue weighted by molar-refractivity contribution is -0.127. The number of amides is 2. The average molecular weight is 263 g/mol. The summed E-state index contributed by atoms with van der Waals surface area (Å²) in [5, 5.41) is 5.37. The standard InChI is InChI=1S/C14H21N3O2/c1-14(2,3)9-16-12(18)8-13(19)17-11-6-4-10(15)5-7-11/h4-7H,8-9,15H2,1-3H3,(H,16,18)(H,17,19).